The molecule has 0 saturated heterocycles. The topological polar surface area (TPSA) is 56.8 Å². The van der Waals surface area contributed by atoms with Gasteiger partial charge in [-0.3, -0.25) is 4.79 Å². The summed E-state index contributed by atoms with van der Waals surface area (Å²) >= 11 is 6.10. The van der Waals surface area contributed by atoms with Gasteiger partial charge in [0, 0.05) is 5.56 Å². The van der Waals surface area contributed by atoms with Crippen molar-refractivity contribution in [2.75, 3.05) is 21.3 Å². The lowest BCUT2D eigenvalue weighted by Gasteiger charge is -2.19. The molecule has 0 radical (unpaired) electrons. The molecule has 2 aromatic carbocycles. The number of carbonyl (C=O) groups is 1. The summed E-state index contributed by atoms with van der Waals surface area (Å²) in [5.74, 6) is 1.60. The molecule has 0 spiro atoms. The van der Waals surface area contributed by atoms with Crippen LogP contribution in [0.25, 0.3) is 0 Å². The number of hydrogen-bond acceptors (Lipinski definition) is 4. The molecule has 6 heteroatoms. The van der Waals surface area contributed by atoms with Gasteiger partial charge in [-0.05, 0) is 42.3 Å². The zero-order chi connectivity index (χ0) is 18.4. The number of ether oxygens (including phenoxy) is 3. The highest BCUT2D eigenvalue weighted by atomic mass is 35.5. The van der Waals surface area contributed by atoms with Crippen molar-refractivity contribution in [3.05, 3.63) is 52.5 Å². The van der Waals surface area contributed by atoms with Gasteiger partial charge in [-0.25, -0.2) is 0 Å². The van der Waals surface area contributed by atoms with Crippen LogP contribution in [0.4, 0.5) is 0 Å². The Hall–Kier alpha value is -2.40. The summed E-state index contributed by atoms with van der Waals surface area (Å²) in [5, 5.41) is 3.42. The van der Waals surface area contributed by atoms with Crippen molar-refractivity contribution in [3.8, 4) is 17.2 Å². The van der Waals surface area contributed by atoms with E-state index < -0.39 is 0 Å². The second-order valence-corrected chi connectivity index (χ2v) is 5.81. The Bertz CT molecular complexity index is 748. The molecule has 1 amide bonds. The fourth-order valence-corrected chi connectivity index (χ4v) is 2.80. The molecule has 1 N–H and O–H groups in total. The second kappa shape index (κ2) is 8.62. The quantitative estimate of drug-likeness (QED) is 0.799. The third-order valence-corrected chi connectivity index (χ3v) is 4.23. The molecule has 0 unspecified atom stereocenters. The van der Waals surface area contributed by atoms with Crippen LogP contribution < -0.4 is 19.5 Å². The molecule has 0 bridgehead atoms. The molecule has 0 aliphatic rings. The van der Waals surface area contributed by atoms with E-state index in [4.69, 9.17) is 25.8 Å². The lowest BCUT2D eigenvalue weighted by atomic mass is 10.0. The lowest BCUT2D eigenvalue weighted by Crippen LogP contribution is -2.28. The molecule has 0 heterocycles. The van der Waals surface area contributed by atoms with E-state index in [1.807, 2.05) is 25.1 Å². The standard InChI is InChI=1S/C19H22ClNO4/c1-5-15(12-6-9-17(24-3)18(11-12)25-4)21-19(22)13-7-8-16(23-2)14(20)10-13/h6-11,15H,5H2,1-4H3,(H,21,22)/t15-/m0/s1. The lowest BCUT2D eigenvalue weighted by molar-refractivity contribution is 0.0935. The first kappa shape index (κ1) is 18.9. The second-order valence-electron chi connectivity index (χ2n) is 5.40. The molecule has 134 valence electrons. The smallest absolute Gasteiger partial charge is 0.251 e. The molecule has 0 saturated carbocycles. The van der Waals surface area contributed by atoms with Crippen LogP contribution in [0.15, 0.2) is 36.4 Å². The highest BCUT2D eigenvalue weighted by molar-refractivity contribution is 6.32. The number of methoxy groups -OCH3 is 3. The first-order valence-corrected chi connectivity index (χ1v) is 8.28. The first-order chi connectivity index (χ1) is 12.0. The minimum Gasteiger partial charge on any atom is -0.495 e. The zero-order valence-corrected chi connectivity index (χ0v) is 15.5. The van der Waals surface area contributed by atoms with Crippen molar-refractivity contribution in [2.45, 2.75) is 19.4 Å². The van der Waals surface area contributed by atoms with Gasteiger partial charge in [-0.15, -0.1) is 0 Å². The van der Waals surface area contributed by atoms with Crippen LogP contribution >= 0.6 is 11.6 Å². The van der Waals surface area contributed by atoms with Crippen molar-refractivity contribution in [1.29, 1.82) is 0 Å². The Morgan fingerprint density at radius 3 is 2.20 bits per heavy atom. The summed E-state index contributed by atoms with van der Waals surface area (Å²) in [6, 6.07) is 10.4. The van der Waals surface area contributed by atoms with Crippen molar-refractivity contribution >= 4 is 17.5 Å². The van der Waals surface area contributed by atoms with E-state index in [0.29, 0.717) is 27.8 Å². The van der Waals surface area contributed by atoms with E-state index in [9.17, 15) is 4.79 Å². The van der Waals surface area contributed by atoms with Gasteiger partial charge in [0.1, 0.15) is 5.75 Å². The summed E-state index contributed by atoms with van der Waals surface area (Å²) in [5.41, 5.74) is 1.41. The van der Waals surface area contributed by atoms with Crippen molar-refractivity contribution < 1.29 is 19.0 Å². The van der Waals surface area contributed by atoms with E-state index in [2.05, 4.69) is 5.32 Å². The van der Waals surface area contributed by atoms with Gasteiger partial charge in [0.05, 0.1) is 32.4 Å². The number of rotatable bonds is 7. The van der Waals surface area contributed by atoms with Gasteiger partial charge < -0.3 is 19.5 Å². The number of benzene rings is 2. The molecule has 0 aromatic heterocycles. The molecule has 0 aliphatic heterocycles. The molecule has 25 heavy (non-hydrogen) atoms. The predicted octanol–water partition coefficient (Wildman–Crippen LogP) is 4.25. The van der Waals surface area contributed by atoms with E-state index in [0.717, 1.165) is 12.0 Å². The summed E-state index contributed by atoms with van der Waals surface area (Å²) in [7, 11) is 4.70. The normalized spacial score (nSPS) is 11.6. The minimum atomic E-state index is -0.203. The summed E-state index contributed by atoms with van der Waals surface area (Å²) in [6.45, 7) is 2.00. The maximum absolute atomic E-state index is 12.6. The van der Waals surface area contributed by atoms with Crippen LogP contribution in [0.2, 0.25) is 5.02 Å². The van der Waals surface area contributed by atoms with Gasteiger partial charge >= 0.3 is 0 Å². The first-order valence-electron chi connectivity index (χ1n) is 7.90. The van der Waals surface area contributed by atoms with Crippen LogP contribution in [-0.4, -0.2) is 27.2 Å². The number of amides is 1. The Morgan fingerprint density at radius 1 is 1.00 bits per heavy atom. The Morgan fingerprint density at radius 2 is 1.64 bits per heavy atom. The number of hydrogen-bond donors (Lipinski definition) is 1. The molecular weight excluding hydrogens is 342 g/mol. The van der Waals surface area contributed by atoms with E-state index in [1.54, 1.807) is 32.4 Å². The molecule has 2 aromatic rings. The average molecular weight is 364 g/mol. The van der Waals surface area contributed by atoms with Crippen molar-refractivity contribution in [3.63, 3.8) is 0 Å². The average Bonchev–Trinajstić information content (AvgIpc) is 2.65. The van der Waals surface area contributed by atoms with Crippen LogP contribution in [0.3, 0.4) is 0 Å². The van der Waals surface area contributed by atoms with E-state index in [1.165, 1.54) is 7.11 Å². The monoisotopic (exact) mass is 363 g/mol. The molecule has 1 atom stereocenters. The van der Waals surface area contributed by atoms with Crippen LogP contribution in [0, 0.1) is 0 Å². The van der Waals surface area contributed by atoms with Crippen molar-refractivity contribution in [2.24, 2.45) is 0 Å². The zero-order valence-electron chi connectivity index (χ0n) is 14.8. The molecule has 5 nitrogen and oxygen atoms in total. The van der Waals surface area contributed by atoms with Crippen LogP contribution in [0.5, 0.6) is 17.2 Å². The van der Waals surface area contributed by atoms with Gasteiger partial charge in [0.25, 0.3) is 5.91 Å². The highest BCUT2D eigenvalue weighted by Gasteiger charge is 2.17. The summed E-state index contributed by atoms with van der Waals surface area (Å²) < 4.78 is 15.7. The van der Waals surface area contributed by atoms with Crippen molar-refractivity contribution in [1.82, 2.24) is 5.32 Å². The van der Waals surface area contributed by atoms with E-state index >= 15 is 0 Å². The molecule has 0 fully saturated rings. The Labute approximate surface area is 152 Å². The minimum absolute atomic E-state index is 0.159. The highest BCUT2D eigenvalue weighted by Crippen LogP contribution is 2.31. The predicted molar refractivity (Wildman–Crippen MR) is 98.0 cm³/mol. The molecular formula is C19H22ClNO4. The fourth-order valence-electron chi connectivity index (χ4n) is 2.54. The molecule has 2 rings (SSSR count). The van der Waals surface area contributed by atoms with E-state index in [-0.39, 0.29) is 11.9 Å². The van der Waals surface area contributed by atoms with Crippen LogP contribution in [0.1, 0.15) is 35.3 Å². The third-order valence-electron chi connectivity index (χ3n) is 3.94. The fraction of sp³-hybridized carbons (Fsp3) is 0.316. The SMILES string of the molecule is CC[C@H](NC(=O)c1ccc(OC)c(Cl)c1)c1ccc(OC)c(OC)c1. The summed E-state index contributed by atoms with van der Waals surface area (Å²) in [4.78, 5) is 12.6. The number of nitrogens with one attached hydrogen (secondary N) is 1. The van der Waals surface area contributed by atoms with Crippen LogP contribution in [-0.2, 0) is 0 Å². The Kier molecular flexibility index (Phi) is 6.53. The van der Waals surface area contributed by atoms with Gasteiger partial charge in [0.2, 0.25) is 0 Å². The maximum Gasteiger partial charge on any atom is 0.251 e. The third kappa shape index (κ3) is 4.37. The Balaban J connectivity index is 2.21. The number of halogens is 1. The molecule has 0 aliphatic carbocycles. The summed E-state index contributed by atoms with van der Waals surface area (Å²) in [6.07, 6.45) is 0.727. The largest absolute Gasteiger partial charge is 0.495 e. The maximum atomic E-state index is 12.6. The number of carbonyl (C=O) groups excluding carboxylic acids is 1. The van der Waals surface area contributed by atoms with Gasteiger partial charge in [0.15, 0.2) is 11.5 Å². The van der Waals surface area contributed by atoms with Gasteiger partial charge in [-0.2, -0.15) is 0 Å². The van der Waals surface area contributed by atoms with Gasteiger partial charge in [-0.1, -0.05) is 24.6 Å².